The Kier molecular flexibility index (Phi) is 4.27. The number of methoxy groups -OCH3 is 1. The highest BCUT2D eigenvalue weighted by Gasteiger charge is 2.09. The van der Waals surface area contributed by atoms with E-state index in [2.05, 4.69) is 28.7 Å². The van der Waals surface area contributed by atoms with Crippen molar-refractivity contribution in [2.75, 3.05) is 12.4 Å². The van der Waals surface area contributed by atoms with Crippen molar-refractivity contribution >= 4 is 11.6 Å². The summed E-state index contributed by atoms with van der Waals surface area (Å²) in [6.07, 6.45) is 2.00. The summed E-state index contributed by atoms with van der Waals surface area (Å²) in [5.74, 6) is 1.12. The Balaban J connectivity index is 2.25. The maximum Gasteiger partial charge on any atom is 0.207 e. The average molecular weight is 277 g/mol. The highest BCUT2D eigenvalue weighted by Crippen LogP contribution is 2.24. The molecule has 1 heterocycles. The number of benzene rings is 1. The molecule has 108 valence electrons. The van der Waals surface area contributed by atoms with Gasteiger partial charge in [0.2, 0.25) is 5.95 Å². The summed E-state index contributed by atoms with van der Waals surface area (Å²) < 4.78 is 20.4. The Morgan fingerprint density at radius 2 is 2.15 bits per heavy atom. The molecule has 0 aliphatic heterocycles. The van der Waals surface area contributed by atoms with Gasteiger partial charge >= 0.3 is 0 Å². The molecule has 0 amide bonds. The fourth-order valence-electron chi connectivity index (χ4n) is 2.05. The summed E-state index contributed by atoms with van der Waals surface area (Å²) >= 11 is 0. The number of hydrogen-bond acceptors (Lipinski definition) is 3. The molecule has 1 N–H and O–H groups in total. The predicted octanol–water partition coefficient (Wildman–Crippen LogP) is 3.74. The monoisotopic (exact) mass is 277 g/mol. The maximum atomic E-state index is 13.4. The van der Waals surface area contributed by atoms with Crippen LogP contribution >= 0.6 is 0 Å². The molecule has 0 saturated heterocycles. The topological polar surface area (TPSA) is 39.1 Å². The van der Waals surface area contributed by atoms with Gasteiger partial charge in [-0.1, -0.05) is 13.8 Å². The lowest BCUT2D eigenvalue weighted by molar-refractivity contribution is 0.387. The number of halogens is 1. The van der Waals surface area contributed by atoms with E-state index in [9.17, 15) is 4.39 Å². The summed E-state index contributed by atoms with van der Waals surface area (Å²) in [4.78, 5) is 4.45. The fraction of sp³-hybridized carbons (Fsp3) is 0.400. The number of nitrogens with zero attached hydrogens (tertiary/aromatic N) is 2. The Morgan fingerprint density at radius 1 is 1.40 bits per heavy atom. The molecule has 0 atom stereocenters. The quantitative estimate of drug-likeness (QED) is 0.905. The second kappa shape index (κ2) is 5.94. The van der Waals surface area contributed by atoms with Gasteiger partial charge in [0.25, 0.3) is 0 Å². The van der Waals surface area contributed by atoms with Crippen molar-refractivity contribution in [2.24, 2.45) is 5.92 Å². The minimum Gasteiger partial charge on any atom is -0.494 e. The molecule has 0 unspecified atom stereocenters. The van der Waals surface area contributed by atoms with Gasteiger partial charge in [0.15, 0.2) is 11.6 Å². The molecule has 1 aromatic heterocycles. The molecule has 0 bridgehead atoms. The van der Waals surface area contributed by atoms with Crippen LogP contribution in [0.3, 0.4) is 0 Å². The Morgan fingerprint density at radius 3 is 2.80 bits per heavy atom. The first-order valence-electron chi connectivity index (χ1n) is 6.64. The van der Waals surface area contributed by atoms with Gasteiger partial charge in [-0.25, -0.2) is 9.37 Å². The van der Waals surface area contributed by atoms with Crippen LogP contribution in [0.1, 0.15) is 19.5 Å². The standard InChI is InChI=1S/C15H20FN3O/c1-10(2)8-19-9-11(3)17-15(19)18-12-5-6-13(16)14(7-12)20-4/h5-7,9-10H,8H2,1-4H3,(H,17,18). The first-order valence-corrected chi connectivity index (χ1v) is 6.64. The normalized spacial score (nSPS) is 10.9. The average Bonchev–Trinajstić information content (AvgIpc) is 2.71. The van der Waals surface area contributed by atoms with Crippen LogP contribution in [0.4, 0.5) is 16.0 Å². The van der Waals surface area contributed by atoms with Crippen LogP contribution in [0.2, 0.25) is 0 Å². The number of anilines is 2. The second-order valence-electron chi connectivity index (χ2n) is 5.23. The van der Waals surface area contributed by atoms with Crippen LogP contribution in [0, 0.1) is 18.7 Å². The number of hydrogen-bond donors (Lipinski definition) is 1. The molecule has 4 nitrogen and oxygen atoms in total. The van der Waals surface area contributed by atoms with E-state index in [1.807, 2.05) is 13.1 Å². The smallest absolute Gasteiger partial charge is 0.207 e. The number of imidazole rings is 1. The molecule has 0 spiro atoms. The van der Waals surface area contributed by atoms with E-state index in [0.717, 1.165) is 23.9 Å². The van der Waals surface area contributed by atoms with Gasteiger partial charge in [-0.3, -0.25) is 0 Å². The fourth-order valence-corrected chi connectivity index (χ4v) is 2.05. The number of rotatable bonds is 5. The molecule has 2 rings (SSSR count). The predicted molar refractivity (Wildman–Crippen MR) is 78.0 cm³/mol. The van der Waals surface area contributed by atoms with Crippen LogP contribution in [0.25, 0.3) is 0 Å². The van der Waals surface area contributed by atoms with Gasteiger partial charge in [-0.2, -0.15) is 0 Å². The van der Waals surface area contributed by atoms with Gasteiger partial charge in [0, 0.05) is 24.5 Å². The van der Waals surface area contributed by atoms with E-state index < -0.39 is 0 Å². The molecule has 2 aromatic rings. The molecule has 0 saturated carbocycles. The zero-order valence-corrected chi connectivity index (χ0v) is 12.3. The van der Waals surface area contributed by atoms with E-state index >= 15 is 0 Å². The molecular formula is C15H20FN3O. The van der Waals surface area contributed by atoms with Crippen molar-refractivity contribution in [1.29, 1.82) is 0 Å². The van der Waals surface area contributed by atoms with Crippen molar-refractivity contribution < 1.29 is 9.13 Å². The molecule has 0 aliphatic rings. The van der Waals surface area contributed by atoms with Crippen molar-refractivity contribution in [3.8, 4) is 5.75 Å². The van der Waals surface area contributed by atoms with E-state index in [0.29, 0.717) is 5.92 Å². The minimum atomic E-state index is -0.375. The molecular weight excluding hydrogens is 257 g/mol. The number of aryl methyl sites for hydroxylation is 1. The molecule has 0 radical (unpaired) electrons. The summed E-state index contributed by atoms with van der Waals surface area (Å²) in [6.45, 7) is 7.13. The van der Waals surface area contributed by atoms with Crippen LogP contribution in [-0.4, -0.2) is 16.7 Å². The zero-order chi connectivity index (χ0) is 14.7. The first kappa shape index (κ1) is 14.4. The van der Waals surface area contributed by atoms with Crippen LogP contribution in [0.15, 0.2) is 24.4 Å². The molecule has 5 heteroatoms. The Hall–Kier alpha value is -2.04. The van der Waals surface area contributed by atoms with Crippen LogP contribution in [-0.2, 0) is 6.54 Å². The van der Waals surface area contributed by atoms with Crippen molar-refractivity contribution in [3.63, 3.8) is 0 Å². The number of nitrogens with one attached hydrogen (secondary N) is 1. The minimum absolute atomic E-state index is 0.216. The SMILES string of the molecule is COc1cc(Nc2nc(C)cn2CC(C)C)ccc1F. The summed E-state index contributed by atoms with van der Waals surface area (Å²) in [6, 6.07) is 4.67. The third-order valence-corrected chi connectivity index (χ3v) is 2.87. The first-order chi connectivity index (χ1) is 9.49. The lowest BCUT2D eigenvalue weighted by Gasteiger charge is -2.12. The largest absolute Gasteiger partial charge is 0.494 e. The molecule has 0 fully saturated rings. The van der Waals surface area contributed by atoms with Gasteiger partial charge in [0.05, 0.1) is 12.8 Å². The van der Waals surface area contributed by atoms with Crippen molar-refractivity contribution in [2.45, 2.75) is 27.3 Å². The molecule has 0 aliphatic carbocycles. The molecule has 1 aromatic carbocycles. The van der Waals surface area contributed by atoms with E-state index in [4.69, 9.17) is 4.74 Å². The highest BCUT2D eigenvalue weighted by atomic mass is 19.1. The lowest BCUT2D eigenvalue weighted by atomic mass is 10.2. The third kappa shape index (κ3) is 3.29. The number of ether oxygens (including phenoxy) is 1. The van der Waals surface area contributed by atoms with E-state index in [1.54, 1.807) is 12.1 Å². The van der Waals surface area contributed by atoms with Gasteiger partial charge in [0.1, 0.15) is 0 Å². The highest BCUT2D eigenvalue weighted by molar-refractivity contribution is 5.56. The number of aromatic nitrogens is 2. The summed E-state index contributed by atoms with van der Waals surface area (Å²) in [5, 5.41) is 3.21. The van der Waals surface area contributed by atoms with Crippen LogP contribution in [0.5, 0.6) is 5.75 Å². The summed E-state index contributed by atoms with van der Waals surface area (Å²) in [5.41, 5.74) is 1.70. The lowest BCUT2D eigenvalue weighted by Crippen LogP contribution is -2.07. The molecule has 20 heavy (non-hydrogen) atoms. The van der Waals surface area contributed by atoms with E-state index in [-0.39, 0.29) is 11.6 Å². The Labute approximate surface area is 118 Å². The second-order valence-corrected chi connectivity index (χ2v) is 5.23. The van der Waals surface area contributed by atoms with Crippen molar-refractivity contribution in [3.05, 3.63) is 35.9 Å². The Bertz CT molecular complexity index is 593. The summed E-state index contributed by atoms with van der Waals surface area (Å²) in [7, 11) is 1.45. The van der Waals surface area contributed by atoms with Gasteiger partial charge in [-0.05, 0) is 25.0 Å². The van der Waals surface area contributed by atoms with Crippen molar-refractivity contribution in [1.82, 2.24) is 9.55 Å². The van der Waals surface area contributed by atoms with E-state index in [1.165, 1.54) is 13.2 Å². The van der Waals surface area contributed by atoms with Gasteiger partial charge < -0.3 is 14.6 Å². The van der Waals surface area contributed by atoms with Gasteiger partial charge in [-0.15, -0.1) is 0 Å². The zero-order valence-electron chi connectivity index (χ0n) is 12.3. The van der Waals surface area contributed by atoms with Crippen LogP contribution < -0.4 is 10.1 Å². The third-order valence-electron chi connectivity index (χ3n) is 2.87. The maximum absolute atomic E-state index is 13.4.